The highest BCUT2D eigenvalue weighted by Gasteiger charge is 2.26. The van der Waals surface area contributed by atoms with Crippen molar-refractivity contribution in [3.63, 3.8) is 0 Å². The highest BCUT2D eigenvalue weighted by molar-refractivity contribution is 5.76. The molecule has 0 atom stereocenters. The van der Waals surface area contributed by atoms with Gasteiger partial charge in [-0.15, -0.1) is 0 Å². The summed E-state index contributed by atoms with van der Waals surface area (Å²) in [6.45, 7) is 3.08. The highest BCUT2D eigenvalue weighted by atomic mass is 19.1. The first-order valence-corrected chi connectivity index (χ1v) is 6.99. The molecule has 0 radical (unpaired) electrons. The fraction of sp³-hybridized carbons (Fsp3) is 0.267. The number of aliphatic hydroxyl groups is 1. The maximum atomic E-state index is 14.1. The fourth-order valence-electron chi connectivity index (χ4n) is 2.32. The van der Waals surface area contributed by atoms with Crippen LogP contribution in [0.25, 0.3) is 16.9 Å². The Bertz CT molecular complexity index is 934. The Morgan fingerprint density at radius 1 is 1.25 bits per heavy atom. The zero-order valence-corrected chi connectivity index (χ0v) is 13.2. The van der Waals surface area contributed by atoms with E-state index in [1.54, 1.807) is 13.8 Å². The molecule has 9 heteroatoms. The molecule has 0 aliphatic rings. The summed E-state index contributed by atoms with van der Waals surface area (Å²) in [5.74, 6) is -1.95. The molecule has 0 bridgehead atoms. The summed E-state index contributed by atoms with van der Waals surface area (Å²) in [6, 6.07) is 0.654. The van der Waals surface area contributed by atoms with Crippen LogP contribution in [0.15, 0.2) is 18.5 Å². The summed E-state index contributed by atoms with van der Waals surface area (Å²) in [7, 11) is 1.43. The number of nitrogen functional groups attached to an aromatic ring is 1. The van der Waals surface area contributed by atoms with Crippen LogP contribution in [0.4, 0.5) is 14.6 Å². The Hall–Kier alpha value is -2.81. The van der Waals surface area contributed by atoms with Crippen molar-refractivity contribution in [3.8, 4) is 17.0 Å². The van der Waals surface area contributed by atoms with E-state index in [2.05, 4.69) is 15.1 Å². The molecule has 0 amide bonds. The number of hydrogen-bond acceptors (Lipinski definition) is 6. The Labute approximate surface area is 135 Å². The molecule has 126 valence electrons. The molecule has 7 nitrogen and oxygen atoms in total. The molecule has 0 unspecified atom stereocenters. The van der Waals surface area contributed by atoms with Gasteiger partial charge >= 0.3 is 0 Å². The molecule has 0 aromatic carbocycles. The van der Waals surface area contributed by atoms with Crippen molar-refractivity contribution >= 4 is 11.5 Å². The normalized spacial score (nSPS) is 11.9. The van der Waals surface area contributed by atoms with E-state index in [0.717, 1.165) is 0 Å². The molecule has 0 spiro atoms. The Morgan fingerprint density at radius 3 is 2.58 bits per heavy atom. The molecule has 0 saturated carbocycles. The van der Waals surface area contributed by atoms with Gasteiger partial charge in [-0.05, 0) is 13.8 Å². The van der Waals surface area contributed by atoms with Crippen molar-refractivity contribution in [2.45, 2.75) is 19.4 Å². The predicted molar refractivity (Wildman–Crippen MR) is 82.3 cm³/mol. The third kappa shape index (κ3) is 2.52. The van der Waals surface area contributed by atoms with E-state index >= 15 is 0 Å². The van der Waals surface area contributed by atoms with Gasteiger partial charge in [0, 0.05) is 6.07 Å². The molecule has 3 N–H and O–H groups in total. The Morgan fingerprint density at radius 2 is 1.96 bits per heavy atom. The zero-order chi connectivity index (χ0) is 17.6. The first-order valence-electron chi connectivity index (χ1n) is 6.99. The maximum absolute atomic E-state index is 14.1. The first kappa shape index (κ1) is 16.1. The van der Waals surface area contributed by atoms with Crippen molar-refractivity contribution in [3.05, 3.63) is 35.8 Å². The van der Waals surface area contributed by atoms with E-state index in [1.807, 2.05) is 0 Å². The summed E-state index contributed by atoms with van der Waals surface area (Å²) in [5.41, 5.74) is 4.63. The summed E-state index contributed by atoms with van der Waals surface area (Å²) in [5, 5.41) is 14.3. The van der Waals surface area contributed by atoms with Gasteiger partial charge in [0.05, 0.1) is 25.1 Å². The van der Waals surface area contributed by atoms with Gasteiger partial charge < -0.3 is 15.6 Å². The molecule has 24 heavy (non-hydrogen) atoms. The lowest BCUT2D eigenvalue weighted by Crippen LogP contribution is -2.19. The summed E-state index contributed by atoms with van der Waals surface area (Å²) >= 11 is 0. The quantitative estimate of drug-likeness (QED) is 0.758. The Kier molecular flexibility index (Phi) is 3.60. The van der Waals surface area contributed by atoms with Crippen LogP contribution in [-0.4, -0.2) is 31.8 Å². The molecule has 0 fully saturated rings. The van der Waals surface area contributed by atoms with Crippen LogP contribution in [0.3, 0.4) is 0 Å². The number of anilines is 1. The minimum absolute atomic E-state index is 0.178. The standard InChI is InChI=1S/C15H15F2N5O2/c1-15(2,23)12-10(24-3)6-22-14(21-12)7(5-19-22)11-8(16)4-9(17)13(18)20-11/h4-6,23H,1-3H3,(H2,18,20). The van der Waals surface area contributed by atoms with Gasteiger partial charge in [0.2, 0.25) is 0 Å². The molecule has 0 aliphatic carbocycles. The minimum Gasteiger partial charge on any atom is -0.493 e. The third-order valence-corrected chi connectivity index (χ3v) is 3.47. The van der Waals surface area contributed by atoms with Crippen LogP contribution in [-0.2, 0) is 5.60 Å². The van der Waals surface area contributed by atoms with E-state index in [0.29, 0.717) is 11.8 Å². The van der Waals surface area contributed by atoms with E-state index in [4.69, 9.17) is 10.5 Å². The topological polar surface area (TPSA) is 98.6 Å². The van der Waals surface area contributed by atoms with E-state index in [-0.39, 0.29) is 22.6 Å². The van der Waals surface area contributed by atoms with Crippen LogP contribution in [0.1, 0.15) is 19.5 Å². The van der Waals surface area contributed by atoms with E-state index in [9.17, 15) is 13.9 Å². The van der Waals surface area contributed by atoms with Crippen molar-refractivity contribution in [2.24, 2.45) is 0 Å². The number of rotatable bonds is 3. The summed E-state index contributed by atoms with van der Waals surface area (Å²) < 4.78 is 34.0. The molecule has 3 aromatic heterocycles. The number of halogens is 2. The second-order valence-corrected chi connectivity index (χ2v) is 5.73. The van der Waals surface area contributed by atoms with E-state index in [1.165, 1.54) is 24.0 Å². The second-order valence-electron chi connectivity index (χ2n) is 5.73. The van der Waals surface area contributed by atoms with Gasteiger partial charge in [0.15, 0.2) is 28.8 Å². The monoisotopic (exact) mass is 335 g/mol. The van der Waals surface area contributed by atoms with Crippen LogP contribution in [0, 0.1) is 11.6 Å². The number of methoxy groups -OCH3 is 1. The van der Waals surface area contributed by atoms with Gasteiger partial charge in [-0.3, -0.25) is 0 Å². The summed E-state index contributed by atoms with van der Waals surface area (Å²) in [6.07, 6.45) is 2.84. The number of hydrogen-bond donors (Lipinski definition) is 2. The van der Waals surface area contributed by atoms with Gasteiger partial charge in [-0.2, -0.15) is 5.10 Å². The molecule has 3 rings (SSSR count). The molecular weight excluding hydrogens is 320 g/mol. The number of nitrogens with zero attached hydrogens (tertiary/aromatic N) is 4. The fourth-order valence-corrected chi connectivity index (χ4v) is 2.32. The maximum Gasteiger partial charge on any atom is 0.168 e. The average molecular weight is 335 g/mol. The highest BCUT2D eigenvalue weighted by Crippen LogP contribution is 2.32. The van der Waals surface area contributed by atoms with Crippen LogP contribution >= 0.6 is 0 Å². The SMILES string of the molecule is COc1cn2ncc(-c3nc(N)c(F)cc3F)c2nc1C(C)(C)O. The van der Waals surface area contributed by atoms with Crippen molar-refractivity contribution in [1.82, 2.24) is 19.6 Å². The van der Waals surface area contributed by atoms with Gasteiger partial charge in [-0.25, -0.2) is 23.3 Å². The predicted octanol–water partition coefficient (Wildman–Crippen LogP) is 1.89. The number of aromatic nitrogens is 4. The van der Waals surface area contributed by atoms with Crippen LogP contribution in [0.2, 0.25) is 0 Å². The summed E-state index contributed by atoms with van der Waals surface area (Å²) in [4.78, 5) is 8.07. The second kappa shape index (κ2) is 5.38. The van der Waals surface area contributed by atoms with Gasteiger partial charge in [0.25, 0.3) is 0 Å². The first-order chi connectivity index (χ1) is 11.2. The Balaban J connectivity index is 2.30. The van der Waals surface area contributed by atoms with Gasteiger partial charge in [-0.1, -0.05) is 0 Å². The smallest absolute Gasteiger partial charge is 0.168 e. The molecule has 0 saturated heterocycles. The number of nitrogens with two attached hydrogens (primary N) is 1. The van der Waals surface area contributed by atoms with Crippen LogP contribution < -0.4 is 10.5 Å². The zero-order valence-electron chi connectivity index (χ0n) is 13.2. The number of fused-ring (bicyclic) bond motifs is 1. The van der Waals surface area contributed by atoms with Crippen molar-refractivity contribution in [2.75, 3.05) is 12.8 Å². The molecule has 3 aromatic rings. The molecular formula is C15H15F2N5O2. The minimum atomic E-state index is -1.30. The third-order valence-electron chi connectivity index (χ3n) is 3.47. The number of ether oxygens (including phenoxy) is 1. The lowest BCUT2D eigenvalue weighted by atomic mass is 10.0. The molecule has 0 aliphatic heterocycles. The van der Waals surface area contributed by atoms with E-state index < -0.39 is 23.1 Å². The van der Waals surface area contributed by atoms with Crippen LogP contribution in [0.5, 0.6) is 5.75 Å². The van der Waals surface area contributed by atoms with Crippen molar-refractivity contribution < 1.29 is 18.6 Å². The average Bonchev–Trinajstić information content (AvgIpc) is 2.91. The largest absolute Gasteiger partial charge is 0.493 e. The lowest BCUT2D eigenvalue weighted by Gasteiger charge is -2.19. The molecule has 3 heterocycles. The van der Waals surface area contributed by atoms with Gasteiger partial charge in [0.1, 0.15) is 17.0 Å². The number of pyridine rings is 1. The lowest BCUT2D eigenvalue weighted by molar-refractivity contribution is 0.0707. The van der Waals surface area contributed by atoms with Crippen molar-refractivity contribution in [1.29, 1.82) is 0 Å².